The highest BCUT2D eigenvalue weighted by molar-refractivity contribution is 8.16. The van der Waals surface area contributed by atoms with Gasteiger partial charge in [0.15, 0.2) is 0 Å². The summed E-state index contributed by atoms with van der Waals surface area (Å²) in [5.74, 6) is -2.23. The molecule has 2 amide bonds. The molecular weight excluding hydrogens is 569 g/mol. The number of nitrogens with two attached hydrogens (primary N) is 1. The SMILES string of the molecule is CCOC(=O)c1ccc(NC(=O)C2=C(N)[C@@H](C(=O)Nc3ccc(OC)cc3[N+](=O)[O-])SC2=Nc2ccc(F)cc2)cc1. The van der Waals surface area contributed by atoms with Crippen molar-refractivity contribution >= 4 is 57.3 Å². The number of thioether (sulfide) groups is 1. The quantitative estimate of drug-likeness (QED) is 0.182. The van der Waals surface area contributed by atoms with Crippen LogP contribution < -0.4 is 21.1 Å². The standard InChI is InChI=1S/C28H24FN5O7S/c1-3-41-28(37)15-4-8-17(9-5-15)31-25(35)22-23(30)24(42-27(22)32-18-10-6-16(29)7-11-18)26(36)33-20-13-12-19(40-2)14-21(20)34(38)39/h4-14,24H,3,30H2,1-2H3,(H,31,35)(H,33,36)/t24-/m0/s1. The zero-order valence-corrected chi connectivity index (χ0v) is 23.1. The maximum absolute atomic E-state index is 13.5. The van der Waals surface area contributed by atoms with Crippen molar-refractivity contribution in [3.05, 3.63) is 99.5 Å². The molecule has 42 heavy (non-hydrogen) atoms. The highest BCUT2D eigenvalue weighted by Gasteiger charge is 2.39. The van der Waals surface area contributed by atoms with Gasteiger partial charge in [-0.1, -0.05) is 11.8 Å². The van der Waals surface area contributed by atoms with Crippen molar-refractivity contribution in [1.82, 2.24) is 0 Å². The lowest BCUT2D eigenvalue weighted by Crippen LogP contribution is -2.29. The number of carbonyl (C=O) groups is 3. The minimum Gasteiger partial charge on any atom is -0.496 e. The lowest BCUT2D eigenvalue weighted by molar-refractivity contribution is -0.384. The molecule has 0 fully saturated rings. The number of hydrogen-bond acceptors (Lipinski definition) is 10. The number of carbonyl (C=O) groups excluding carboxylic acids is 3. The lowest BCUT2D eigenvalue weighted by Gasteiger charge is -2.12. The van der Waals surface area contributed by atoms with E-state index in [9.17, 15) is 28.9 Å². The van der Waals surface area contributed by atoms with Gasteiger partial charge in [-0.15, -0.1) is 0 Å². The molecule has 3 aromatic carbocycles. The van der Waals surface area contributed by atoms with Crippen LogP contribution in [0.15, 0.2) is 83.0 Å². The van der Waals surface area contributed by atoms with E-state index in [4.69, 9.17) is 15.2 Å². The van der Waals surface area contributed by atoms with Crippen molar-refractivity contribution in [3.8, 4) is 5.75 Å². The lowest BCUT2D eigenvalue weighted by atomic mass is 10.1. The molecule has 0 radical (unpaired) electrons. The molecule has 3 aromatic rings. The van der Waals surface area contributed by atoms with E-state index in [0.717, 1.165) is 17.8 Å². The van der Waals surface area contributed by atoms with Crippen LogP contribution in [0.3, 0.4) is 0 Å². The van der Waals surface area contributed by atoms with E-state index in [-0.39, 0.29) is 39.9 Å². The Bertz CT molecular complexity index is 1610. The maximum Gasteiger partial charge on any atom is 0.338 e. The average Bonchev–Trinajstić information content (AvgIpc) is 3.30. The van der Waals surface area contributed by atoms with Gasteiger partial charge in [0.1, 0.15) is 27.5 Å². The molecule has 1 heterocycles. The third-order valence-electron chi connectivity index (χ3n) is 5.85. The summed E-state index contributed by atoms with van der Waals surface area (Å²) in [6.07, 6.45) is 0. The van der Waals surface area contributed by atoms with Gasteiger partial charge in [-0.2, -0.15) is 0 Å². The van der Waals surface area contributed by atoms with Gasteiger partial charge in [-0.05, 0) is 67.6 Å². The van der Waals surface area contributed by atoms with Crippen LogP contribution in [0.4, 0.5) is 27.1 Å². The fourth-order valence-corrected chi connectivity index (χ4v) is 4.94. The molecule has 14 heteroatoms. The Balaban J connectivity index is 1.65. The number of nitro groups is 1. The molecule has 0 saturated carbocycles. The van der Waals surface area contributed by atoms with Gasteiger partial charge in [0.2, 0.25) is 5.91 Å². The number of methoxy groups -OCH3 is 1. The van der Waals surface area contributed by atoms with Crippen LogP contribution in [0.2, 0.25) is 0 Å². The third kappa shape index (κ3) is 6.72. The number of hydrogen-bond donors (Lipinski definition) is 3. The highest BCUT2D eigenvalue weighted by atomic mass is 32.2. The fraction of sp³-hybridized carbons (Fsp3) is 0.143. The summed E-state index contributed by atoms with van der Waals surface area (Å²) in [5, 5.41) is 15.6. The van der Waals surface area contributed by atoms with Crippen molar-refractivity contribution < 1.29 is 33.2 Å². The van der Waals surface area contributed by atoms with Gasteiger partial charge < -0.3 is 25.8 Å². The number of anilines is 2. The molecule has 1 aliphatic rings. The summed E-state index contributed by atoms with van der Waals surface area (Å²) in [7, 11) is 1.35. The minimum atomic E-state index is -1.18. The second-order valence-corrected chi connectivity index (χ2v) is 9.70. The molecule has 1 aliphatic heterocycles. The molecule has 4 N–H and O–H groups in total. The maximum atomic E-state index is 13.5. The number of halogens is 1. The number of esters is 1. The Morgan fingerprint density at radius 1 is 1.07 bits per heavy atom. The molecule has 12 nitrogen and oxygen atoms in total. The molecule has 1 atom stereocenters. The van der Waals surface area contributed by atoms with Gasteiger partial charge in [0.25, 0.3) is 11.6 Å². The predicted octanol–water partition coefficient (Wildman–Crippen LogP) is 4.55. The molecule has 4 rings (SSSR count). The van der Waals surface area contributed by atoms with Crippen LogP contribution in [0.5, 0.6) is 5.75 Å². The second-order valence-electron chi connectivity index (χ2n) is 8.60. The van der Waals surface area contributed by atoms with Gasteiger partial charge in [-0.25, -0.2) is 14.2 Å². The van der Waals surface area contributed by atoms with Crippen molar-refractivity contribution in [2.45, 2.75) is 12.2 Å². The Morgan fingerprint density at radius 3 is 2.38 bits per heavy atom. The number of rotatable bonds is 9. The number of nitrogens with zero attached hydrogens (tertiary/aromatic N) is 2. The zero-order chi connectivity index (χ0) is 30.4. The monoisotopic (exact) mass is 593 g/mol. The van der Waals surface area contributed by atoms with E-state index in [2.05, 4.69) is 15.6 Å². The van der Waals surface area contributed by atoms with Gasteiger partial charge in [0.05, 0.1) is 41.5 Å². The molecular formula is C28H24FN5O7S. The van der Waals surface area contributed by atoms with Crippen LogP contribution in [-0.4, -0.2) is 46.7 Å². The van der Waals surface area contributed by atoms with Gasteiger partial charge in [-0.3, -0.25) is 19.7 Å². The topological polar surface area (TPSA) is 175 Å². The average molecular weight is 594 g/mol. The number of aliphatic imine (C=N–C) groups is 1. The minimum absolute atomic E-state index is 0.0733. The Kier molecular flexibility index (Phi) is 9.17. The molecule has 0 aromatic heterocycles. The third-order valence-corrected chi connectivity index (χ3v) is 7.07. The van der Waals surface area contributed by atoms with E-state index < -0.39 is 39.5 Å². The van der Waals surface area contributed by atoms with Crippen molar-refractivity contribution in [2.75, 3.05) is 24.4 Å². The van der Waals surface area contributed by atoms with E-state index in [1.807, 2.05) is 0 Å². The number of nitrogens with one attached hydrogen (secondary N) is 2. The summed E-state index contributed by atoms with van der Waals surface area (Å²) in [5.41, 5.74) is 6.46. The summed E-state index contributed by atoms with van der Waals surface area (Å²) in [4.78, 5) is 54.0. The largest absolute Gasteiger partial charge is 0.496 e. The number of nitro benzene ring substituents is 1. The Hall–Kier alpha value is -5.24. The summed E-state index contributed by atoms with van der Waals surface area (Å²) in [6, 6.07) is 15.0. The summed E-state index contributed by atoms with van der Waals surface area (Å²) < 4.78 is 23.4. The molecule has 0 bridgehead atoms. The van der Waals surface area contributed by atoms with Crippen LogP contribution in [0.1, 0.15) is 17.3 Å². The molecule has 0 spiro atoms. The zero-order valence-electron chi connectivity index (χ0n) is 22.3. The number of amides is 2. The fourth-order valence-electron chi connectivity index (χ4n) is 3.82. The molecule has 0 saturated heterocycles. The molecule has 0 unspecified atom stereocenters. The Labute approximate surface area is 242 Å². The normalized spacial score (nSPS) is 15.3. The van der Waals surface area contributed by atoms with Crippen LogP contribution >= 0.6 is 11.8 Å². The van der Waals surface area contributed by atoms with Crippen LogP contribution in [-0.2, 0) is 14.3 Å². The molecule has 216 valence electrons. The van der Waals surface area contributed by atoms with Crippen LogP contribution in [0.25, 0.3) is 0 Å². The van der Waals surface area contributed by atoms with Crippen molar-refractivity contribution in [3.63, 3.8) is 0 Å². The first-order valence-electron chi connectivity index (χ1n) is 12.3. The first-order chi connectivity index (χ1) is 20.1. The number of ether oxygens (including phenoxy) is 2. The van der Waals surface area contributed by atoms with Gasteiger partial charge in [0, 0.05) is 11.4 Å². The second kappa shape index (κ2) is 13.0. The smallest absolute Gasteiger partial charge is 0.338 e. The van der Waals surface area contributed by atoms with E-state index in [1.165, 1.54) is 67.8 Å². The van der Waals surface area contributed by atoms with E-state index in [1.54, 1.807) is 6.92 Å². The first-order valence-corrected chi connectivity index (χ1v) is 13.2. The molecule has 0 aliphatic carbocycles. The first kappa shape index (κ1) is 29.7. The van der Waals surface area contributed by atoms with Crippen molar-refractivity contribution in [1.29, 1.82) is 0 Å². The summed E-state index contributed by atoms with van der Waals surface area (Å²) in [6.45, 7) is 1.89. The summed E-state index contributed by atoms with van der Waals surface area (Å²) >= 11 is 0.854. The van der Waals surface area contributed by atoms with E-state index in [0.29, 0.717) is 11.4 Å². The van der Waals surface area contributed by atoms with Crippen LogP contribution in [0, 0.1) is 15.9 Å². The highest BCUT2D eigenvalue weighted by Crippen LogP contribution is 2.37. The van der Waals surface area contributed by atoms with E-state index >= 15 is 0 Å². The Morgan fingerprint density at radius 2 is 1.76 bits per heavy atom. The van der Waals surface area contributed by atoms with Gasteiger partial charge >= 0.3 is 5.97 Å². The predicted molar refractivity (Wildman–Crippen MR) is 155 cm³/mol. The van der Waals surface area contributed by atoms with Crippen molar-refractivity contribution in [2.24, 2.45) is 10.7 Å². The number of benzene rings is 3.